The topological polar surface area (TPSA) is 101 Å². The van der Waals surface area contributed by atoms with Crippen LogP contribution in [0, 0.1) is 0 Å². The van der Waals surface area contributed by atoms with E-state index in [0.29, 0.717) is 11.3 Å². The van der Waals surface area contributed by atoms with Gasteiger partial charge in [0.25, 0.3) is 0 Å². The highest BCUT2D eigenvalue weighted by molar-refractivity contribution is 6.39. The van der Waals surface area contributed by atoms with Gasteiger partial charge in [0.2, 0.25) is 5.91 Å². The molecule has 0 atom stereocenters. The van der Waals surface area contributed by atoms with Gasteiger partial charge >= 0.3 is 11.8 Å². The molecule has 0 aliphatic heterocycles. The molecule has 18 heavy (non-hydrogen) atoms. The summed E-state index contributed by atoms with van der Waals surface area (Å²) in [7, 11) is 0. The molecule has 0 fully saturated rings. The van der Waals surface area contributed by atoms with E-state index in [1.165, 1.54) is 30.3 Å². The van der Waals surface area contributed by atoms with Crippen molar-refractivity contribution in [1.82, 2.24) is 5.32 Å². The first-order valence-corrected chi connectivity index (χ1v) is 5.14. The van der Waals surface area contributed by atoms with Gasteiger partial charge in [-0.1, -0.05) is 6.08 Å². The van der Waals surface area contributed by atoms with Crippen molar-refractivity contribution in [2.24, 2.45) is 5.73 Å². The second-order valence-electron chi connectivity index (χ2n) is 3.39. The SMILES string of the molecule is C=CCNC(=O)C(=O)Nc1ccc(C(N)=O)cc1. The van der Waals surface area contributed by atoms with Gasteiger partial charge in [0.05, 0.1) is 0 Å². The van der Waals surface area contributed by atoms with Crippen molar-refractivity contribution in [3.63, 3.8) is 0 Å². The van der Waals surface area contributed by atoms with Crippen LogP contribution < -0.4 is 16.4 Å². The van der Waals surface area contributed by atoms with E-state index in [1.807, 2.05) is 0 Å². The lowest BCUT2D eigenvalue weighted by Crippen LogP contribution is -2.35. The number of carbonyl (C=O) groups is 3. The largest absolute Gasteiger partial charge is 0.366 e. The van der Waals surface area contributed by atoms with Crippen molar-refractivity contribution >= 4 is 23.4 Å². The summed E-state index contributed by atoms with van der Waals surface area (Å²) < 4.78 is 0. The first-order chi connectivity index (χ1) is 8.54. The van der Waals surface area contributed by atoms with Crippen molar-refractivity contribution in [2.75, 3.05) is 11.9 Å². The fourth-order valence-electron chi connectivity index (χ4n) is 1.15. The number of primary amides is 1. The second kappa shape index (κ2) is 6.19. The fourth-order valence-corrected chi connectivity index (χ4v) is 1.15. The van der Waals surface area contributed by atoms with E-state index in [-0.39, 0.29) is 6.54 Å². The first kappa shape index (κ1) is 13.4. The Balaban J connectivity index is 2.61. The number of anilines is 1. The maximum atomic E-state index is 11.4. The number of rotatable bonds is 4. The highest BCUT2D eigenvalue weighted by Crippen LogP contribution is 2.08. The monoisotopic (exact) mass is 247 g/mol. The van der Waals surface area contributed by atoms with E-state index >= 15 is 0 Å². The minimum Gasteiger partial charge on any atom is -0.366 e. The minimum absolute atomic E-state index is 0.215. The molecule has 4 N–H and O–H groups in total. The minimum atomic E-state index is -0.788. The van der Waals surface area contributed by atoms with Crippen molar-refractivity contribution in [2.45, 2.75) is 0 Å². The van der Waals surface area contributed by atoms with Crippen LogP contribution >= 0.6 is 0 Å². The molecule has 6 heteroatoms. The summed E-state index contributed by atoms with van der Waals surface area (Å²) in [4.78, 5) is 33.4. The Morgan fingerprint density at radius 2 is 1.78 bits per heavy atom. The maximum Gasteiger partial charge on any atom is 0.313 e. The summed E-state index contributed by atoms with van der Waals surface area (Å²) in [5.41, 5.74) is 5.79. The van der Waals surface area contributed by atoms with Crippen LogP contribution in [0.25, 0.3) is 0 Å². The molecule has 1 aromatic rings. The van der Waals surface area contributed by atoms with Crippen LogP contribution in [0.15, 0.2) is 36.9 Å². The number of hydrogen-bond donors (Lipinski definition) is 3. The number of nitrogens with two attached hydrogens (primary N) is 1. The van der Waals surface area contributed by atoms with E-state index < -0.39 is 17.7 Å². The molecular weight excluding hydrogens is 234 g/mol. The summed E-state index contributed by atoms with van der Waals surface area (Å²) in [5.74, 6) is -2.10. The van der Waals surface area contributed by atoms with Crippen LogP contribution in [0.2, 0.25) is 0 Å². The lowest BCUT2D eigenvalue weighted by molar-refractivity contribution is -0.136. The van der Waals surface area contributed by atoms with Gasteiger partial charge in [-0.05, 0) is 24.3 Å². The number of benzene rings is 1. The van der Waals surface area contributed by atoms with Gasteiger partial charge < -0.3 is 16.4 Å². The summed E-state index contributed by atoms with van der Waals surface area (Å²) in [6.45, 7) is 3.63. The third-order valence-electron chi connectivity index (χ3n) is 2.04. The zero-order chi connectivity index (χ0) is 13.5. The normalized spacial score (nSPS) is 9.33. The predicted molar refractivity (Wildman–Crippen MR) is 66.8 cm³/mol. The molecule has 1 aromatic carbocycles. The molecule has 3 amide bonds. The molecule has 94 valence electrons. The van der Waals surface area contributed by atoms with Crippen LogP contribution in [0.3, 0.4) is 0 Å². The molecule has 0 saturated heterocycles. The van der Waals surface area contributed by atoms with Crippen molar-refractivity contribution in [1.29, 1.82) is 0 Å². The highest BCUT2D eigenvalue weighted by Gasteiger charge is 2.12. The number of hydrogen-bond acceptors (Lipinski definition) is 3. The summed E-state index contributed by atoms with van der Waals surface area (Å²) in [6, 6.07) is 5.89. The molecule has 0 aliphatic rings. The molecular formula is C12H13N3O3. The molecule has 0 heterocycles. The van der Waals surface area contributed by atoms with E-state index in [1.54, 1.807) is 0 Å². The van der Waals surface area contributed by atoms with Gasteiger partial charge in [0.1, 0.15) is 0 Å². The Hall–Kier alpha value is -2.63. The number of carbonyl (C=O) groups excluding carboxylic acids is 3. The molecule has 0 spiro atoms. The molecule has 0 unspecified atom stereocenters. The Kier molecular flexibility index (Phi) is 4.62. The average Bonchev–Trinajstić information content (AvgIpc) is 2.36. The quantitative estimate of drug-likeness (QED) is 0.516. The maximum absolute atomic E-state index is 11.4. The molecule has 0 saturated carbocycles. The smallest absolute Gasteiger partial charge is 0.313 e. The van der Waals surface area contributed by atoms with Crippen LogP contribution in [0.1, 0.15) is 10.4 Å². The van der Waals surface area contributed by atoms with Gasteiger partial charge in [0.15, 0.2) is 0 Å². The van der Waals surface area contributed by atoms with E-state index in [4.69, 9.17) is 5.73 Å². The Bertz CT molecular complexity index is 480. The second-order valence-corrected chi connectivity index (χ2v) is 3.39. The fraction of sp³-hybridized carbons (Fsp3) is 0.0833. The van der Waals surface area contributed by atoms with Gasteiger partial charge in [-0.15, -0.1) is 6.58 Å². The highest BCUT2D eigenvalue weighted by atomic mass is 16.2. The summed E-state index contributed by atoms with van der Waals surface area (Å²) in [6.07, 6.45) is 1.47. The van der Waals surface area contributed by atoms with Crippen molar-refractivity contribution in [3.05, 3.63) is 42.5 Å². The predicted octanol–water partition coefficient (Wildman–Crippen LogP) is 0.0262. The molecule has 1 rings (SSSR count). The molecule has 6 nitrogen and oxygen atoms in total. The average molecular weight is 247 g/mol. The summed E-state index contributed by atoms with van der Waals surface area (Å²) in [5, 5.41) is 4.72. The lowest BCUT2D eigenvalue weighted by atomic mass is 10.2. The van der Waals surface area contributed by atoms with Crippen molar-refractivity contribution in [3.8, 4) is 0 Å². The van der Waals surface area contributed by atoms with Gasteiger partial charge in [-0.25, -0.2) is 0 Å². The summed E-state index contributed by atoms with van der Waals surface area (Å²) >= 11 is 0. The van der Waals surface area contributed by atoms with E-state index in [0.717, 1.165) is 0 Å². The Morgan fingerprint density at radius 1 is 1.17 bits per heavy atom. The molecule has 0 radical (unpaired) electrons. The Labute approximate surface area is 104 Å². The molecule has 0 aliphatic carbocycles. The molecule has 0 bridgehead atoms. The van der Waals surface area contributed by atoms with E-state index in [2.05, 4.69) is 17.2 Å². The lowest BCUT2D eigenvalue weighted by Gasteiger charge is -2.05. The van der Waals surface area contributed by atoms with Crippen LogP contribution in [0.5, 0.6) is 0 Å². The van der Waals surface area contributed by atoms with Crippen LogP contribution in [0.4, 0.5) is 5.69 Å². The Morgan fingerprint density at radius 3 is 2.28 bits per heavy atom. The van der Waals surface area contributed by atoms with Crippen molar-refractivity contribution < 1.29 is 14.4 Å². The zero-order valence-corrected chi connectivity index (χ0v) is 9.60. The number of amides is 3. The molecule has 0 aromatic heterocycles. The van der Waals surface area contributed by atoms with Gasteiger partial charge in [0, 0.05) is 17.8 Å². The van der Waals surface area contributed by atoms with E-state index in [9.17, 15) is 14.4 Å². The van der Waals surface area contributed by atoms with Gasteiger partial charge in [-0.3, -0.25) is 14.4 Å². The van der Waals surface area contributed by atoms with Crippen LogP contribution in [-0.4, -0.2) is 24.3 Å². The number of nitrogens with one attached hydrogen (secondary N) is 2. The first-order valence-electron chi connectivity index (χ1n) is 5.14. The zero-order valence-electron chi connectivity index (χ0n) is 9.60. The standard InChI is InChI=1S/C12H13N3O3/c1-2-7-14-11(17)12(18)15-9-5-3-8(4-6-9)10(13)16/h2-6H,1,7H2,(H2,13,16)(H,14,17)(H,15,18). The third-order valence-corrected chi connectivity index (χ3v) is 2.04. The van der Waals surface area contributed by atoms with Crippen LogP contribution in [-0.2, 0) is 9.59 Å². The van der Waals surface area contributed by atoms with Gasteiger partial charge in [-0.2, -0.15) is 0 Å². The third kappa shape index (κ3) is 3.75.